The molecule has 0 aliphatic rings. The van der Waals surface area contributed by atoms with Crippen LogP contribution >= 0.6 is 23.2 Å². The molecular formula is C13H7Cl2N3O. The van der Waals surface area contributed by atoms with Crippen LogP contribution < -0.4 is 0 Å². The highest BCUT2D eigenvalue weighted by Gasteiger charge is 2.12. The topological polar surface area (TPSA) is 51.8 Å². The van der Waals surface area contributed by atoms with Crippen LogP contribution in [0.15, 0.2) is 47.0 Å². The molecule has 19 heavy (non-hydrogen) atoms. The van der Waals surface area contributed by atoms with Crippen molar-refractivity contribution in [3.8, 4) is 22.9 Å². The molecular weight excluding hydrogens is 285 g/mol. The van der Waals surface area contributed by atoms with Crippen molar-refractivity contribution in [1.82, 2.24) is 15.2 Å². The fourth-order valence-electron chi connectivity index (χ4n) is 1.59. The molecule has 0 unspecified atom stereocenters. The SMILES string of the molecule is Clc1ccc(-c2nnc(-c3ccccc3Cl)o2)cn1. The van der Waals surface area contributed by atoms with Crippen molar-refractivity contribution in [3.63, 3.8) is 0 Å². The van der Waals surface area contributed by atoms with Gasteiger partial charge in [-0.05, 0) is 24.3 Å². The van der Waals surface area contributed by atoms with E-state index in [4.69, 9.17) is 27.6 Å². The van der Waals surface area contributed by atoms with E-state index in [2.05, 4.69) is 15.2 Å². The highest BCUT2D eigenvalue weighted by Crippen LogP contribution is 2.28. The van der Waals surface area contributed by atoms with Gasteiger partial charge < -0.3 is 4.42 Å². The Labute approximate surface area is 119 Å². The zero-order valence-electron chi connectivity index (χ0n) is 9.55. The van der Waals surface area contributed by atoms with E-state index >= 15 is 0 Å². The zero-order chi connectivity index (χ0) is 13.2. The van der Waals surface area contributed by atoms with Crippen LogP contribution in [-0.4, -0.2) is 15.2 Å². The Bertz CT molecular complexity index is 710. The summed E-state index contributed by atoms with van der Waals surface area (Å²) < 4.78 is 5.59. The van der Waals surface area contributed by atoms with E-state index in [9.17, 15) is 0 Å². The van der Waals surface area contributed by atoms with Gasteiger partial charge in [-0.25, -0.2) is 4.98 Å². The molecule has 2 heterocycles. The van der Waals surface area contributed by atoms with E-state index in [1.807, 2.05) is 18.2 Å². The predicted molar refractivity (Wildman–Crippen MR) is 73.0 cm³/mol. The third kappa shape index (κ3) is 2.45. The number of halogens is 2. The minimum Gasteiger partial charge on any atom is -0.416 e. The van der Waals surface area contributed by atoms with Gasteiger partial charge in [0, 0.05) is 6.20 Å². The highest BCUT2D eigenvalue weighted by atomic mass is 35.5. The lowest BCUT2D eigenvalue weighted by Crippen LogP contribution is -1.80. The second-order valence-electron chi connectivity index (χ2n) is 3.76. The molecule has 0 saturated heterocycles. The van der Waals surface area contributed by atoms with Crippen LogP contribution in [0.3, 0.4) is 0 Å². The maximum atomic E-state index is 6.08. The maximum Gasteiger partial charge on any atom is 0.249 e. The molecule has 0 aliphatic heterocycles. The van der Waals surface area contributed by atoms with Crippen LogP contribution in [0.2, 0.25) is 10.2 Å². The van der Waals surface area contributed by atoms with E-state index in [1.165, 1.54) is 0 Å². The molecule has 0 N–H and O–H groups in total. The van der Waals surface area contributed by atoms with Gasteiger partial charge in [-0.3, -0.25) is 0 Å². The molecule has 4 nitrogen and oxygen atoms in total. The van der Waals surface area contributed by atoms with E-state index < -0.39 is 0 Å². The number of nitrogens with zero attached hydrogens (tertiary/aromatic N) is 3. The number of rotatable bonds is 2. The van der Waals surface area contributed by atoms with E-state index in [-0.39, 0.29) is 0 Å². The largest absolute Gasteiger partial charge is 0.416 e. The van der Waals surface area contributed by atoms with Gasteiger partial charge in [0.05, 0.1) is 16.1 Å². The Hall–Kier alpha value is -1.91. The molecule has 0 aliphatic carbocycles. The van der Waals surface area contributed by atoms with Crippen molar-refractivity contribution >= 4 is 23.2 Å². The van der Waals surface area contributed by atoms with Crippen LogP contribution in [0, 0.1) is 0 Å². The average molecular weight is 292 g/mol. The molecule has 3 rings (SSSR count). The van der Waals surface area contributed by atoms with Gasteiger partial charge in [0.15, 0.2) is 0 Å². The first-order valence-corrected chi connectivity index (χ1v) is 6.20. The van der Waals surface area contributed by atoms with Crippen LogP contribution in [0.1, 0.15) is 0 Å². The van der Waals surface area contributed by atoms with Crippen LogP contribution in [0.5, 0.6) is 0 Å². The molecule has 0 radical (unpaired) electrons. The van der Waals surface area contributed by atoms with Crippen LogP contribution in [0.25, 0.3) is 22.9 Å². The summed E-state index contributed by atoms with van der Waals surface area (Å²) in [7, 11) is 0. The Kier molecular flexibility index (Phi) is 3.19. The number of hydrogen-bond acceptors (Lipinski definition) is 4. The van der Waals surface area contributed by atoms with Crippen molar-refractivity contribution in [2.45, 2.75) is 0 Å². The first-order valence-electron chi connectivity index (χ1n) is 5.44. The molecule has 94 valence electrons. The smallest absolute Gasteiger partial charge is 0.249 e. The van der Waals surface area contributed by atoms with Gasteiger partial charge in [0.1, 0.15) is 5.15 Å². The quantitative estimate of drug-likeness (QED) is 0.667. The fourth-order valence-corrected chi connectivity index (χ4v) is 1.91. The molecule has 0 bridgehead atoms. The molecule has 0 fully saturated rings. The number of aromatic nitrogens is 3. The first-order chi connectivity index (χ1) is 9.24. The van der Waals surface area contributed by atoms with Gasteiger partial charge >= 0.3 is 0 Å². The van der Waals surface area contributed by atoms with E-state index in [0.29, 0.717) is 33.1 Å². The molecule has 3 aromatic rings. The third-order valence-electron chi connectivity index (χ3n) is 2.50. The predicted octanol–water partition coefficient (Wildman–Crippen LogP) is 4.11. The molecule has 6 heteroatoms. The summed E-state index contributed by atoms with van der Waals surface area (Å²) in [4.78, 5) is 3.97. The monoisotopic (exact) mass is 291 g/mol. The number of benzene rings is 1. The lowest BCUT2D eigenvalue weighted by Gasteiger charge is -1.97. The summed E-state index contributed by atoms with van der Waals surface area (Å²) in [6.45, 7) is 0. The first kappa shape index (κ1) is 12.1. The van der Waals surface area contributed by atoms with Gasteiger partial charge in [-0.15, -0.1) is 10.2 Å². The average Bonchev–Trinajstić information content (AvgIpc) is 2.89. The summed E-state index contributed by atoms with van der Waals surface area (Å²) in [6, 6.07) is 10.7. The number of pyridine rings is 1. The minimum atomic E-state index is 0.371. The molecule has 2 aromatic heterocycles. The van der Waals surface area contributed by atoms with Crippen molar-refractivity contribution in [1.29, 1.82) is 0 Å². The molecule has 0 spiro atoms. The third-order valence-corrected chi connectivity index (χ3v) is 3.06. The molecule has 1 aromatic carbocycles. The summed E-state index contributed by atoms with van der Waals surface area (Å²) in [5.41, 5.74) is 1.40. The normalized spacial score (nSPS) is 10.6. The lowest BCUT2D eigenvalue weighted by molar-refractivity contribution is 0.584. The Morgan fingerprint density at radius 2 is 1.68 bits per heavy atom. The van der Waals surface area contributed by atoms with Gasteiger partial charge in [-0.1, -0.05) is 35.3 Å². The molecule has 0 atom stereocenters. The Morgan fingerprint density at radius 1 is 0.895 bits per heavy atom. The van der Waals surface area contributed by atoms with Gasteiger partial charge in [0.2, 0.25) is 11.8 Å². The maximum absolute atomic E-state index is 6.08. The van der Waals surface area contributed by atoms with Crippen LogP contribution in [0.4, 0.5) is 0 Å². The summed E-state index contributed by atoms with van der Waals surface area (Å²) in [5.74, 6) is 0.745. The standard InChI is InChI=1S/C13H7Cl2N3O/c14-10-4-2-1-3-9(10)13-18-17-12(19-13)8-5-6-11(15)16-7-8/h1-7H. The second kappa shape index (κ2) is 4.99. The Balaban J connectivity index is 2.00. The van der Waals surface area contributed by atoms with Crippen molar-refractivity contribution in [3.05, 3.63) is 52.8 Å². The number of hydrogen-bond donors (Lipinski definition) is 0. The lowest BCUT2D eigenvalue weighted by atomic mass is 10.2. The van der Waals surface area contributed by atoms with Crippen molar-refractivity contribution < 1.29 is 4.42 Å². The van der Waals surface area contributed by atoms with Gasteiger partial charge in [0.25, 0.3) is 0 Å². The molecule has 0 amide bonds. The zero-order valence-corrected chi connectivity index (χ0v) is 11.1. The van der Waals surface area contributed by atoms with Crippen molar-refractivity contribution in [2.75, 3.05) is 0 Å². The highest BCUT2D eigenvalue weighted by molar-refractivity contribution is 6.33. The van der Waals surface area contributed by atoms with E-state index in [1.54, 1.807) is 24.4 Å². The van der Waals surface area contributed by atoms with Crippen molar-refractivity contribution in [2.24, 2.45) is 0 Å². The summed E-state index contributed by atoms with van der Waals surface area (Å²) in [5, 5.41) is 8.93. The minimum absolute atomic E-state index is 0.371. The van der Waals surface area contributed by atoms with Gasteiger partial charge in [-0.2, -0.15) is 0 Å². The van der Waals surface area contributed by atoms with Crippen LogP contribution in [-0.2, 0) is 0 Å². The summed E-state index contributed by atoms with van der Waals surface area (Å²) >= 11 is 11.8. The fraction of sp³-hybridized carbons (Fsp3) is 0. The molecule has 0 saturated carbocycles. The Morgan fingerprint density at radius 3 is 2.42 bits per heavy atom. The second-order valence-corrected chi connectivity index (χ2v) is 4.56. The van der Waals surface area contributed by atoms with E-state index in [0.717, 1.165) is 0 Å². The summed E-state index contributed by atoms with van der Waals surface area (Å²) in [6.07, 6.45) is 1.58.